The molecule has 0 fully saturated rings. The zero-order chi connectivity index (χ0) is 14.8. The van der Waals surface area contributed by atoms with Crippen LogP contribution in [0, 0.1) is 6.92 Å². The van der Waals surface area contributed by atoms with Gasteiger partial charge in [-0.2, -0.15) is 0 Å². The molecule has 0 bridgehead atoms. The Hall–Kier alpha value is -1.25. The van der Waals surface area contributed by atoms with Gasteiger partial charge >= 0.3 is 0 Å². The van der Waals surface area contributed by atoms with Gasteiger partial charge in [-0.1, -0.05) is 29.5 Å². The van der Waals surface area contributed by atoms with E-state index >= 15 is 0 Å². The summed E-state index contributed by atoms with van der Waals surface area (Å²) in [6.45, 7) is 2.33. The van der Waals surface area contributed by atoms with E-state index in [-0.39, 0.29) is 9.63 Å². The molecule has 2 aromatic rings. The number of aryl methyl sites for hydroxylation is 2. The monoisotopic (exact) mass is 358 g/mol. The lowest BCUT2D eigenvalue weighted by molar-refractivity contribution is 0.560. The number of nitrogens with zero attached hydrogens (tertiary/aromatic N) is 3. The Kier molecular flexibility index (Phi) is 4.56. The SMILES string of the molecule is Cc1ccccc1CCNS(=O)(=O)c1c(Br)nnn1C. The second-order valence-electron chi connectivity index (χ2n) is 4.38. The average molecular weight is 359 g/mol. The Bertz CT molecular complexity index is 692. The molecule has 1 aromatic carbocycles. The number of sulfonamides is 1. The largest absolute Gasteiger partial charge is 0.260 e. The van der Waals surface area contributed by atoms with E-state index in [0.29, 0.717) is 13.0 Å². The summed E-state index contributed by atoms with van der Waals surface area (Å²) in [5.74, 6) is 0. The summed E-state index contributed by atoms with van der Waals surface area (Å²) < 4.78 is 28.3. The molecule has 0 radical (unpaired) electrons. The lowest BCUT2D eigenvalue weighted by Gasteiger charge is -2.08. The predicted molar refractivity (Wildman–Crippen MR) is 78.8 cm³/mol. The third kappa shape index (κ3) is 3.25. The standard InChI is InChI=1S/C12H15BrN4O2S/c1-9-5-3-4-6-10(9)7-8-14-20(18,19)12-11(13)15-16-17(12)2/h3-6,14H,7-8H2,1-2H3. The van der Waals surface area contributed by atoms with Crippen molar-refractivity contribution in [3.05, 3.63) is 40.0 Å². The predicted octanol–water partition coefficient (Wildman–Crippen LogP) is 1.41. The zero-order valence-electron chi connectivity index (χ0n) is 11.2. The van der Waals surface area contributed by atoms with E-state index in [0.717, 1.165) is 11.1 Å². The van der Waals surface area contributed by atoms with Crippen molar-refractivity contribution < 1.29 is 8.42 Å². The number of nitrogens with one attached hydrogen (secondary N) is 1. The normalized spacial score (nSPS) is 11.8. The fourth-order valence-corrected chi connectivity index (χ4v) is 4.01. The van der Waals surface area contributed by atoms with E-state index in [4.69, 9.17) is 0 Å². The molecular formula is C12H15BrN4O2S. The van der Waals surface area contributed by atoms with Crippen LogP contribution < -0.4 is 4.72 Å². The first kappa shape index (κ1) is 15.1. The van der Waals surface area contributed by atoms with Crippen LogP contribution in [0.3, 0.4) is 0 Å². The van der Waals surface area contributed by atoms with Crippen molar-refractivity contribution in [2.45, 2.75) is 18.4 Å². The summed E-state index contributed by atoms with van der Waals surface area (Å²) in [4.78, 5) is 0. The minimum Gasteiger partial charge on any atom is -0.235 e. The Morgan fingerprint density at radius 2 is 2.05 bits per heavy atom. The Morgan fingerprint density at radius 1 is 1.35 bits per heavy atom. The van der Waals surface area contributed by atoms with Gasteiger partial charge in [-0.3, -0.25) is 0 Å². The second-order valence-corrected chi connectivity index (χ2v) is 6.82. The van der Waals surface area contributed by atoms with Gasteiger partial charge in [0.25, 0.3) is 10.0 Å². The average Bonchev–Trinajstić information content (AvgIpc) is 2.72. The molecule has 108 valence electrons. The fraction of sp³-hybridized carbons (Fsp3) is 0.333. The minimum absolute atomic E-state index is 0.0299. The van der Waals surface area contributed by atoms with Crippen LogP contribution in [-0.4, -0.2) is 30.0 Å². The molecule has 0 saturated carbocycles. The van der Waals surface area contributed by atoms with Crippen LogP contribution in [-0.2, 0) is 23.5 Å². The first-order valence-corrected chi connectivity index (χ1v) is 8.29. The van der Waals surface area contributed by atoms with Gasteiger partial charge in [-0.15, -0.1) is 5.10 Å². The number of benzene rings is 1. The summed E-state index contributed by atoms with van der Waals surface area (Å²) in [6.07, 6.45) is 0.634. The van der Waals surface area contributed by atoms with Crippen molar-refractivity contribution in [2.24, 2.45) is 7.05 Å². The summed E-state index contributed by atoms with van der Waals surface area (Å²) in [7, 11) is -2.08. The molecule has 20 heavy (non-hydrogen) atoms. The lowest BCUT2D eigenvalue weighted by atomic mass is 10.1. The number of hydrogen-bond acceptors (Lipinski definition) is 4. The summed E-state index contributed by atoms with van der Waals surface area (Å²) >= 11 is 3.09. The van der Waals surface area contributed by atoms with Gasteiger partial charge in [0.2, 0.25) is 5.03 Å². The van der Waals surface area contributed by atoms with Crippen LogP contribution in [0.15, 0.2) is 33.9 Å². The van der Waals surface area contributed by atoms with Gasteiger partial charge in [0.05, 0.1) is 0 Å². The maximum absolute atomic E-state index is 12.2. The van der Waals surface area contributed by atoms with E-state index in [1.165, 1.54) is 11.7 Å². The first-order chi connectivity index (χ1) is 9.42. The molecular weight excluding hydrogens is 344 g/mol. The molecule has 1 aromatic heterocycles. The van der Waals surface area contributed by atoms with Crippen LogP contribution in [0.25, 0.3) is 0 Å². The van der Waals surface area contributed by atoms with E-state index in [1.807, 2.05) is 31.2 Å². The van der Waals surface area contributed by atoms with Crippen molar-refractivity contribution in [1.82, 2.24) is 19.7 Å². The molecule has 0 atom stereocenters. The first-order valence-electron chi connectivity index (χ1n) is 6.01. The van der Waals surface area contributed by atoms with Crippen LogP contribution >= 0.6 is 15.9 Å². The molecule has 0 aliphatic carbocycles. The molecule has 6 nitrogen and oxygen atoms in total. The van der Waals surface area contributed by atoms with Gasteiger partial charge in [0, 0.05) is 13.6 Å². The Balaban J connectivity index is 2.06. The molecule has 8 heteroatoms. The molecule has 0 aliphatic heterocycles. The number of halogens is 1. The third-order valence-electron chi connectivity index (χ3n) is 2.94. The van der Waals surface area contributed by atoms with Crippen molar-refractivity contribution >= 4 is 26.0 Å². The van der Waals surface area contributed by atoms with Gasteiger partial charge in [0.1, 0.15) is 0 Å². The Morgan fingerprint density at radius 3 is 2.65 bits per heavy atom. The highest BCUT2D eigenvalue weighted by molar-refractivity contribution is 9.10. The van der Waals surface area contributed by atoms with Gasteiger partial charge in [0.15, 0.2) is 4.60 Å². The van der Waals surface area contributed by atoms with E-state index in [2.05, 4.69) is 31.0 Å². The smallest absolute Gasteiger partial charge is 0.235 e. The quantitative estimate of drug-likeness (QED) is 0.876. The summed E-state index contributed by atoms with van der Waals surface area (Å²) in [5.41, 5.74) is 2.27. The fourth-order valence-electron chi connectivity index (χ4n) is 1.89. The summed E-state index contributed by atoms with van der Waals surface area (Å²) in [5, 5.41) is 7.37. The molecule has 0 saturated heterocycles. The number of rotatable bonds is 5. The molecule has 1 heterocycles. The van der Waals surface area contributed by atoms with Crippen molar-refractivity contribution in [3.63, 3.8) is 0 Å². The van der Waals surface area contributed by atoms with Crippen molar-refractivity contribution in [1.29, 1.82) is 0 Å². The van der Waals surface area contributed by atoms with Crippen molar-refractivity contribution in [3.8, 4) is 0 Å². The van der Waals surface area contributed by atoms with E-state index in [1.54, 1.807) is 0 Å². The minimum atomic E-state index is -3.62. The second kappa shape index (κ2) is 6.02. The summed E-state index contributed by atoms with van der Waals surface area (Å²) in [6, 6.07) is 7.90. The van der Waals surface area contributed by atoms with Gasteiger partial charge < -0.3 is 0 Å². The third-order valence-corrected chi connectivity index (χ3v) is 5.29. The Labute approximate surface area is 126 Å². The van der Waals surface area contributed by atoms with Crippen LogP contribution in [0.1, 0.15) is 11.1 Å². The maximum Gasteiger partial charge on any atom is 0.260 e. The number of aromatic nitrogens is 3. The molecule has 0 aliphatic rings. The highest BCUT2D eigenvalue weighted by Gasteiger charge is 2.23. The van der Waals surface area contributed by atoms with Crippen LogP contribution in [0.2, 0.25) is 0 Å². The molecule has 0 unspecified atom stereocenters. The van der Waals surface area contributed by atoms with Crippen molar-refractivity contribution in [2.75, 3.05) is 6.54 Å². The maximum atomic E-state index is 12.2. The van der Waals surface area contributed by atoms with Gasteiger partial charge in [-0.25, -0.2) is 17.8 Å². The zero-order valence-corrected chi connectivity index (χ0v) is 13.6. The topological polar surface area (TPSA) is 76.9 Å². The molecule has 2 rings (SSSR count). The molecule has 1 N–H and O–H groups in total. The van der Waals surface area contributed by atoms with Gasteiger partial charge in [-0.05, 0) is 40.4 Å². The molecule has 0 amide bonds. The lowest BCUT2D eigenvalue weighted by Crippen LogP contribution is -2.28. The van der Waals surface area contributed by atoms with Crippen LogP contribution in [0.5, 0.6) is 0 Å². The highest BCUT2D eigenvalue weighted by atomic mass is 79.9. The molecule has 0 spiro atoms. The highest BCUT2D eigenvalue weighted by Crippen LogP contribution is 2.17. The van der Waals surface area contributed by atoms with E-state index in [9.17, 15) is 8.42 Å². The van der Waals surface area contributed by atoms with E-state index < -0.39 is 10.0 Å². The number of hydrogen-bond donors (Lipinski definition) is 1. The van der Waals surface area contributed by atoms with Crippen LogP contribution in [0.4, 0.5) is 0 Å².